The van der Waals surface area contributed by atoms with Crippen LogP contribution in [0.15, 0.2) is 30.3 Å². The van der Waals surface area contributed by atoms with Gasteiger partial charge < -0.3 is 5.32 Å². The monoisotopic (exact) mass is 382 g/mol. The Labute approximate surface area is 161 Å². The van der Waals surface area contributed by atoms with E-state index < -0.39 is 0 Å². The van der Waals surface area contributed by atoms with Crippen molar-refractivity contribution >= 4 is 22.4 Å². The number of aryl methyl sites for hydroxylation is 3. The summed E-state index contributed by atoms with van der Waals surface area (Å²) in [6.07, 6.45) is 6.87. The zero-order valence-corrected chi connectivity index (χ0v) is 15.9. The number of fused-ring (bicyclic) bond motifs is 1. The van der Waals surface area contributed by atoms with Crippen LogP contribution in [0.2, 0.25) is 0 Å². The first-order valence-electron chi connectivity index (χ1n) is 9.39. The van der Waals surface area contributed by atoms with E-state index in [1.807, 2.05) is 30.3 Å². The number of tetrazole rings is 1. The van der Waals surface area contributed by atoms with Crippen LogP contribution in [-0.2, 0) is 24.2 Å². The van der Waals surface area contributed by atoms with Crippen molar-refractivity contribution < 1.29 is 4.79 Å². The predicted molar refractivity (Wildman–Crippen MR) is 104 cm³/mol. The molecule has 0 spiro atoms. The van der Waals surface area contributed by atoms with Crippen molar-refractivity contribution in [2.24, 2.45) is 0 Å². The number of nitrogens with one attached hydrogen (secondary N) is 1. The van der Waals surface area contributed by atoms with Gasteiger partial charge in [0.15, 0.2) is 5.13 Å². The van der Waals surface area contributed by atoms with Gasteiger partial charge in [-0.05, 0) is 37.3 Å². The van der Waals surface area contributed by atoms with Crippen molar-refractivity contribution in [3.8, 4) is 11.4 Å². The average Bonchev–Trinajstić information content (AvgIpc) is 3.24. The van der Waals surface area contributed by atoms with Crippen LogP contribution >= 0.6 is 11.3 Å². The van der Waals surface area contributed by atoms with Gasteiger partial charge in [0.05, 0.1) is 12.2 Å². The normalized spacial score (nSPS) is 13.8. The number of amides is 1. The van der Waals surface area contributed by atoms with E-state index in [-0.39, 0.29) is 5.91 Å². The minimum Gasteiger partial charge on any atom is -0.302 e. The van der Waals surface area contributed by atoms with Gasteiger partial charge in [-0.2, -0.15) is 4.80 Å². The summed E-state index contributed by atoms with van der Waals surface area (Å²) < 4.78 is 0. The van der Waals surface area contributed by atoms with E-state index in [0.717, 1.165) is 23.5 Å². The lowest BCUT2D eigenvalue weighted by atomic mass is 10.2. The molecule has 2 aromatic heterocycles. The first-order valence-corrected chi connectivity index (χ1v) is 10.2. The second-order valence-corrected chi connectivity index (χ2v) is 7.76. The quantitative estimate of drug-likeness (QED) is 0.660. The van der Waals surface area contributed by atoms with E-state index in [1.165, 1.54) is 29.8 Å². The number of anilines is 1. The van der Waals surface area contributed by atoms with Gasteiger partial charge in [0.1, 0.15) is 0 Å². The summed E-state index contributed by atoms with van der Waals surface area (Å²) in [5.41, 5.74) is 2.11. The highest BCUT2D eigenvalue weighted by molar-refractivity contribution is 7.15. The standard InChI is InChI=1S/C19H22N6OS/c26-17(21-19-20-15-10-5-2-6-11-16(15)27-19)12-7-13-25-23-18(22-24-25)14-8-3-1-4-9-14/h1,3-4,8-9H,2,5-7,10-13H2,(H,20,21,26). The van der Waals surface area contributed by atoms with Crippen molar-refractivity contribution in [1.82, 2.24) is 25.2 Å². The van der Waals surface area contributed by atoms with Gasteiger partial charge in [0.25, 0.3) is 0 Å². The van der Waals surface area contributed by atoms with Crippen molar-refractivity contribution in [1.29, 1.82) is 0 Å². The Morgan fingerprint density at radius 1 is 1.15 bits per heavy atom. The van der Waals surface area contributed by atoms with E-state index in [4.69, 9.17) is 0 Å². The molecule has 0 saturated carbocycles. The topological polar surface area (TPSA) is 85.6 Å². The van der Waals surface area contributed by atoms with E-state index in [0.29, 0.717) is 25.2 Å². The van der Waals surface area contributed by atoms with Crippen LogP contribution in [0.25, 0.3) is 11.4 Å². The second-order valence-electron chi connectivity index (χ2n) is 6.68. The zero-order valence-electron chi connectivity index (χ0n) is 15.1. The first kappa shape index (κ1) is 17.8. The molecule has 0 atom stereocenters. The fraction of sp³-hybridized carbons (Fsp3) is 0.421. The zero-order chi connectivity index (χ0) is 18.5. The Hall–Kier alpha value is -2.61. The van der Waals surface area contributed by atoms with Crippen LogP contribution in [0.4, 0.5) is 5.13 Å². The second kappa shape index (κ2) is 8.39. The molecule has 0 unspecified atom stereocenters. The molecular weight excluding hydrogens is 360 g/mol. The first-order chi connectivity index (χ1) is 13.3. The number of benzene rings is 1. The molecule has 1 N–H and O–H groups in total. The molecule has 2 heterocycles. The highest BCUT2D eigenvalue weighted by Crippen LogP contribution is 2.29. The van der Waals surface area contributed by atoms with Crippen LogP contribution in [0, 0.1) is 0 Å². The number of carbonyl (C=O) groups is 1. The van der Waals surface area contributed by atoms with Crippen molar-refractivity contribution in [2.45, 2.75) is 51.5 Å². The average molecular weight is 382 g/mol. The van der Waals surface area contributed by atoms with Crippen molar-refractivity contribution in [3.05, 3.63) is 40.9 Å². The molecule has 0 fully saturated rings. The minimum absolute atomic E-state index is 0.0118. The van der Waals surface area contributed by atoms with E-state index in [9.17, 15) is 4.79 Å². The van der Waals surface area contributed by atoms with Crippen molar-refractivity contribution in [2.75, 3.05) is 5.32 Å². The SMILES string of the molecule is O=C(CCCn1nnc(-c2ccccc2)n1)Nc1nc2c(s1)CCCCC2. The van der Waals surface area contributed by atoms with Gasteiger partial charge in [-0.25, -0.2) is 4.98 Å². The highest BCUT2D eigenvalue weighted by atomic mass is 32.1. The minimum atomic E-state index is -0.0118. The Morgan fingerprint density at radius 2 is 2.00 bits per heavy atom. The Balaban J connectivity index is 1.26. The Kier molecular flexibility index (Phi) is 5.53. The van der Waals surface area contributed by atoms with Crippen LogP contribution in [0.5, 0.6) is 0 Å². The van der Waals surface area contributed by atoms with Crippen LogP contribution in [0.1, 0.15) is 42.7 Å². The number of hydrogen-bond donors (Lipinski definition) is 1. The Bertz CT molecular complexity index is 881. The van der Waals surface area contributed by atoms with Gasteiger partial charge in [-0.1, -0.05) is 36.8 Å². The van der Waals surface area contributed by atoms with Crippen LogP contribution in [-0.4, -0.2) is 31.1 Å². The number of aromatic nitrogens is 5. The summed E-state index contributed by atoms with van der Waals surface area (Å²) in [5.74, 6) is 0.589. The van der Waals surface area contributed by atoms with Gasteiger partial charge >= 0.3 is 0 Å². The molecule has 1 aliphatic carbocycles. The number of nitrogens with zero attached hydrogens (tertiary/aromatic N) is 5. The van der Waals surface area contributed by atoms with Gasteiger partial charge in [-0.15, -0.1) is 21.5 Å². The van der Waals surface area contributed by atoms with Crippen LogP contribution < -0.4 is 5.32 Å². The number of carbonyl (C=O) groups excluding carboxylic acids is 1. The third kappa shape index (κ3) is 4.57. The number of thiazole rings is 1. The molecule has 0 saturated heterocycles. The molecule has 1 aliphatic rings. The number of rotatable bonds is 6. The molecular formula is C19H22N6OS. The third-order valence-corrected chi connectivity index (χ3v) is 5.66. The fourth-order valence-electron chi connectivity index (χ4n) is 3.19. The van der Waals surface area contributed by atoms with E-state index >= 15 is 0 Å². The van der Waals surface area contributed by atoms with Gasteiger partial charge in [0, 0.05) is 16.9 Å². The summed E-state index contributed by atoms with van der Waals surface area (Å²) in [6, 6.07) is 9.74. The molecule has 0 bridgehead atoms. The third-order valence-electron chi connectivity index (χ3n) is 4.59. The predicted octanol–water partition coefficient (Wildman–Crippen LogP) is 3.48. The molecule has 27 heavy (non-hydrogen) atoms. The lowest BCUT2D eigenvalue weighted by molar-refractivity contribution is -0.116. The van der Waals surface area contributed by atoms with Crippen LogP contribution in [0.3, 0.4) is 0 Å². The van der Waals surface area contributed by atoms with Gasteiger partial charge in [-0.3, -0.25) is 4.79 Å². The largest absolute Gasteiger partial charge is 0.302 e. The maximum absolute atomic E-state index is 12.2. The van der Waals surface area contributed by atoms with E-state index in [1.54, 1.807) is 16.1 Å². The van der Waals surface area contributed by atoms with Gasteiger partial charge in [0.2, 0.25) is 11.7 Å². The molecule has 1 aromatic carbocycles. The summed E-state index contributed by atoms with van der Waals surface area (Å²) in [6.45, 7) is 0.557. The maximum atomic E-state index is 12.2. The lowest BCUT2D eigenvalue weighted by Crippen LogP contribution is -2.13. The fourth-order valence-corrected chi connectivity index (χ4v) is 4.25. The summed E-state index contributed by atoms with van der Waals surface area (Å²) >= 11 is 1.62. The highest BCUT2D eigenvalue weighted by Gasteiger charge is 2.15. The van der Waals surface area contributed by atoms with E-state index in [2.05, 4.69) is 25.7 Å². The summed E-state index contributed by atoms with van der Waals surface area (Å²) in [5, 5.41) is 16.2. The molecule has 0 radical (unpaired) electrons. The smallest absolute Gasteiger partial charge is 0.226 e. The summed E-state index contributed by atoms with van der Waals surface area (Å²) in [4.78, 5) is 19.7. The molecule has 8 heteroatoms. The molecule has 1 amide bonds. The Morgan fingerprint density at radius 3 is 2.89 bits per heavy atom. The molecule has 140 valence electrons. The number of hydrogen-bond acceptors (Lipinski definition) is 6. The lowest BCUT2D eigenvalue weighted by Gasteiger charge is -2.01. The molecule has 7 nitrogen and oxygen atoms in total. The molecule has 4 rings (SSSR count). The molecule has 3 aromatic rings. The maximum Gasteiger partial charge on any atom is 0.226 e. The summed E-state index contributed by atoms with van der Waals surface area (Å²) in [7, 11) is 0. The molecule has 0 aliphatic heterocycles. The van der Waals surface area contributed by atoms with Crippen molar-refractivity contribution in [3.63, 3.8) is 0 Å².